The summed E-state index contributed by atoms with van der Waals surface area (Å²) in [4.78, 5) is 46.9. The zero-order valence-corrected chi connectivity index (χ0v) is 14.7. The third kappa shape index (κ3) is 6.52. The number of rotatable bonds is 9. The number of carbonyl (C=O) groups excluding carboxylic acids is 3. The average molecular weight is 376 g/mol. The van der Waals surface area contributed by atoms with Gasteiger partial charge in [-0.2, -0.15) is 12.6 Å². The number of carboxylic acids is 1. The fourth-order valence-corrected chi connectivity index (χ4v) is 2.47. The van der Waals surface area contributed by atoms with E-state index in [1.807, 2.05) is 0 Å². The van der Waals surface area contributed by atoms with E-state index in [-0.39, 0.29) is 17.7 Å². The van der Waals surface area contributed by atoms with E-state index < -0.39 is 42.5 Å². The maximum absolute atomic E-state index is 12.2. The van der Waals surface area contributed by atoms with E-state index in [4.69, 9.17) is 5.11 Å². The second-order valence-corrected chi connectivity index (χ2v) is 6.07. The Morgan fingerprint density at radius 1 is 1.16 bits per heavy atom. The van der Waals surface area contributed by atoms with Gasteiger partial charge in [0.05, 0.1) is 12.6 Å². The topological polar surface area (TPSA) is 157 Å². The Balaban J connectivity index is 2.60. The SMILES string of the molecule is CC(NC(=O)C(CO)NC(=O)C(CS)NC(=O)C1CCCN1)C(=O)O. The Morgan fingerprint density at radius 3 is 2.28 bits per heavy atom. The Morgan fingerprint density at radius 2 is 1.80 bits per heavy atom. The number of carboxylic acid groups (broad SMARTS) is 1. The van der Waals surface area contributed by atoms with Gasteiger partial charge in [0.15, 0.2) is 0 Å². The monoisotopic (exact) mass is 376 g/mol. The molecule has 10 nitrogen and oxygen atoms in total. The quantitative estimate of drug-likeness (QED) is 0.215. The van der Waals surface area contributed by atoms with Gasteiger partial charge in [0, 0.05) is 5.75 Å². The molecule has 0 aromatic rings. The molecule has 142 valence electrons. The number of thiol groups is 1. The molecule has 25 heavy (non-hydrogen) atoms. The van der Waals surface area contributed by atoms with Crippen LogP contribution in [0.3, 0.4) is 0 Å². The van der Waals surface area contributed by atoms with Crippen molar-refractivity contribution in [1.29, 1.82) is 0 Å². The van der Waals surface area contributed by atoms with Gasteiger partial charge in [-0.05, 0) is 26.3 Å². The predicted octanol–water partition coefficient (Wildman–Crippen LogP) is -2.78. The molecular formula is C14H24N4O6S. The van der Waals surface area contributed by atoms with E-state index in [1.165, 1.54) is 6.92 Å². The summed E-state index contributed by atoms with van der Waals surface area (Å²) in [5.41, 5.74) is 0. The number of amides is 3. The van der Waals surface area contributed by atoms with Crippen molar-refractivity contribution in [2.45, 2.75) is 43.9 Å². The van der Waals surface area contributed by atoms with Crippen LogP contribution in [0.2, 0.25) is 0 Å². The summed E-state index contributed by atoms with van der Waals surface area (Å²) in [5, 5.41) is 28.0. The number of aliphatic carboxylic acids is 1. The van der Waals surface area contributed by atoms with Crippen molar-refractivity contribution in [1.82, 2.24) is 21.3 Å². The lowest BCUT2D eigenvalue weighted by atomic mass is 10.2. The lowest BCUT2D eigenvalue weighted by molar-refractivity contribution is -0.142. The average Bonchev–Trinajstić information content (AvgIpc) is 3.11. The first-order valence-electron chi connectivity index (χ1n) is 7.89. The summed E-state index contributed by atoms with van der Waals surface area (Å²) in [6, 6.07) is -3.87. The number of aliphatic hydroxyl groups is 1. The molecule has 1 aliphatic heterocycles. The minimum Gasteiger partial charge on any atom is -0.480 e. The van der Waals surface area contributed by atoms with Crippen molar-refractivity contribution in [3.63, 3.8) is 0 Å². The third-order valence-corrected chi connectivity index (χ3v) is 4.10. The van der Waals surface area contributed by atoms with Crippen LogP contribution in [0.25, 0.3) is 0 Å². The van der Waals surface area contributed by atoms with Crippen LogP contribution < -0.4 is 21.3 Å². The van der Waals surface area contributed by atoms with E-state index in [0.717, 1.165) is 13.0 Å². The molecule has 11 heteroatoms. The molecule has 6 N–H and O–H groups in total. The summed E-state index contributed by atoms with van der Waals surface area (Å²) in [7, 11) is 0. The molecule has 0 aromatic heterocycles. The highest BCUT2D eigenvalue weighted by atomic mass is 32.1. The standard InChI is InChI=1S/C14H24N4O6S/c1-7(14(23)24)16-12(21)9(5-19)17-13(22)10(6-25)18-11(20)8-3-2-4-15-8/h7-10,15,19,25H,2-6H2,1H3,(H,16,21)(H,17,22)(H,18,20)(H,23,24). The van der Waals surface area contributed by atoms with Gasteiger partial charge in [0.2, 0.25) is 17.7 Å². The van der Waals surface area contributed by atoms with E-state index in [0.29, 0.717) is 6.42 Å². The van der Waals surface area contributed by atoms with Crippen LogP contribution in [-0.2, 0) is 19.2 Å². The van der Waals surface area contributed by atoms with Crippen molar-refractivity contribution in [3.05, 3.63) is 0 Å². The Hall–Kier alpha value is -1.85. The van der Waals surface area contributed by atoms with Crippen LogP contribution in [0, 0.1) is 0 Å². The van der Waals surface area contributed by atoms with Crippen molar-refractivity contribution in [2.75, 3.05) is 18.9 Å². The molecule has 0 aliphatic carbocycles. The lowest BCUT2D eigenvalue weighted by Gasteiger charge is -2.22. The van der Waals surface area contributed by atoms with Gasteiger partial charge < -0.3 is 31.5 Å². The first-order valence-corrected chi connectivity index (χ1v) is 8.52. The lowest BCUT2D eigenvalue weighted by Crippen LogP contribution is -2.58. The van der Waals surface area contributed by atoms with E-state index in [2.05, 4.69) is 33.9 Å². The minimum atomic E-state index is -1.34. The number of hydrogen-bond acceptors (Lipinski definition) is 7. The fraction of sp³-hybridized carbons (Fsp3) is 0.714. The van der Waals surface area contributed by atoms with Crippen LogP contribution in [-0.4, -0.2) is 77.0 Å². The predicted molar refractivity (Wildman–Crippen MR) is 91.1 cm³/mol. The molecule has 0 saturated carbocycles. The summed E-state index contributed by atoms with van der Waals surface area (Å²) in [6.07, 6.45) is 1.53. The summed E-state index contributed by atoms with van der Waals surface area (Å²) in [6.45, 7) is 1.26. The third-order valence-electron chi connectivity index (χ3n) is 3.74. The second kappa shape index (κ2) is 10.2. The molecule has 3 amide bonds. The second-order valence-electron chi connectivity index (χ2n) is 5.70. The van der Waals surface area contributed by atoms with Crippen LogP contribution in [0.4, 0.5) is 0 Å². The van der Waals surface area contributed by atoms with E-state index in [1.54, 1.807) is 0 Å². The summed E-state index contributed by atoms with van der Waals surface area (Å²) < 4.78 is 0. The first-order chi connectivity index (χ1) is 11.8. The highest BCUT2D eigenvalue weighted by Crippen LogP contribution is 2.05. The van der Waals surface area contributed by atoms with Crippen LogP contribution in [0.5, 0.6) is 0 Å². The molecule has 0 radical (unpaired) electrons. The molecule has 0 aromatic carbocycles. The molecule has 0 spiro atoms. The van der Waals surface area contributed by atoms with E-state index in [9.17, 15) is 24.3 Å². The maximum Gasteiger partial charge on any atom is 0.325 e. The van der Waals surface area contributed by atoms with Crippen molar-refractivity contribution >= 4 is 36.3 Å². The Labute approximate surface area is 150 Å². The summed E-state index contributed by atoms with van der Waals surface area (Å²) >= 11 is 4.02. The zero-order chi connectivity index (χ0) is 19.0. The number of aliphatic hydroxyl groups excluding tert-OH is 1. The van der Waals surface area contributed by atoms with Crippen molar-refractivity contribution in [3.8, 4) is 0 Å². The highest BCUT2D eigenvalue weighted by molar-refractivity contribution is 7.80. The zero-order valence-electron chi connectivity index (χ0n) is 13.8. The van der Waals surface area contributed by atoms with Gasteiger partial charge in [-0.15, -0.1) is 0 Å². The van der Waals surface area contributed by atoms with Crippen molar-refractivity contribution < 1.29 is 29.4 Å². The Bertz CT molecular complexity index is 512. The van der Waals surface area contributed by atoms with Crippen LogP contribution >= 0.6 is 12.6 Å². The molecule has 1 heterocycles. The molecule has 1 aliphatic rings. The van der Waals surface area contributed by atoms with Gasteiger partial charge in [-0.3, -0.25) is 19.2 Å². The smallest absolute Gasteiger partial charge is 0.325 e. The Kier molecular flexibility index (Phi) is 8.66. The normalized spacial score (nSPS) is 20.2. The number of nitrogens with one attached hydrogen (secondary N) is 4. The number of carbonyl (C=O) groups is 4. The molecule has 0 bridgehead atoms. The molecule has 4 atom stereocenters. The van der Waals surface area contributed by atoms with Crippen LogP contribution in [0.15, 0.2) is 0 Å². The van der Waals surface area contributed by atoms with Gasteiger partial charge >= 0.3 is 5.97 Å². The largest absolute Gasteiger partial charge is 0.480 e. The molecule has 1 saturated heterocycles. The fourth-order valence-electron chi connectivity index (χ4n) is 2.22. The molecular weight excluding hydrogens is 352 g/mol. The van der Waals surface area contributed by atoms with E-state index >= 15 is 0 Å². The number of hydrogen-bond donors (Lipinski definition) is 7. The van der Waals surface area contributed by atoms with Gasteiger partial charge in [-0.25, -0.2) is 0 Å². The van der Waals surface area contributed by atoms with Gasteiger partial charge in [0.1, 0.15) is 18.1 Å². The van der Waals surface area contributed by atoms with Crippen molar-refractivity contribution in [2.24, 2.45) is 0 Å². The highest BCUT2D eigenvalue weighted by Gasteiger charge is 2.29. The molecule has 4 unspecified atom stereocenters. The van der Waals surface area contributed by atoms with Gasteiger partial charge in [-0.1, -0.05) is 0 Å². The molecule has 1 fully saturated rings. The van der Waals surface area contributed by atoms with Gasteiger partial charge in [0.25, 0.3) is 0 Å². The molecule has 1 rings (SSSR count). The summed E-state index contributed by atoms with van der Waals surface area (Å²) in [5.74, 6) is -3.13. The van der Waals surface area contributed by atoms with Crippen LogP contribution in [0.1, 0.15) is 19.8 Å². The first kappa shape index (κ1) is 21.2. The maximum atomic E-state index is 12.2. The minimum absolute atomic E-state index is 0.00438.